The molecule has 0 amide bonds. The molecule has 1 aromatic carbocycles. The number of pyridine rings is 1. The van der Waals surface area contributed by atoms with Crippen molar-refractivity contribution in [3.8, 4) is 11.4 Å². The van der Waals surface area contributed by atoms with Crippen LogP contribution in [0.25, 0.3) is 11.4 Å². The Labute approximate surface area is 167 Å². The Kier molecular flexibility index (Phi) is 6.19. The maximum atomic E-state index is 11.9. The molecular formula is C20H21ClN4OS. The van der Waals surface area contributed by atoms with Gasteiger partial charge < -0.3 is 10.3 Å². The number of H-pyrrole nitrogens is 1. The maximum absolute atomic E-state index is 11.9. The number of hydrogen-bond donors (Lipinski definition) is 2. The van der Waals surface area contributed by atoms with Crippen molar-refractivity contribution in [1.82, 2.24) is 15.0 Å². The highest BCUT2D eigenvalue weighted by Gasteiger charge is 2.11. The van der Waals surface area contributed by atoms with Crippen LogP contribution in [0.4, 0.5) is 5.82 Å². The van der Waals surface area contributed by atoms with E-state index in [9.17, 15) is 4.79 Å². The fraction of sp³-hybridized carbons (Fsp3) is 0.250. The Morgan fingerprint density at radius 1 is 1.26 bits per heavy atom. The Morgan fingerprint density at radius 3 is 2.70 bits per heavy atom. The summed E-state index contributed by atoms with van der Waals surface area (Å²) in [5.41, 5.74) is 3.19. The molecule has 0 spiro atoms. The molecule has 5 nitrogen and oxygen atoms in total. The zero-order valence-electron chi connectivity index (χ0n) is 15.4. The lowest BCUT2D eigenvalue weighted by Crippen LogP contribution is -2.14. The smallest absolute Gasteiger partial charge is 0.254 e. The average Bonchev–Trinajstić information content (AvgIpc) is 2.67. The van der Waals surface area contributed by atoms with Crippen LogP contribution in [-0.2, 0) is 0 Å². The standard InChI is InChI=1S/C20H21ClN4OS/c1-12-13(2)24-19(25-20(12)26)15-7-8-18(22-10-15)23-11-17(27-3)14-5-4-6-16(21)9-14/h4-10,17H,11H2,1-3H3,(H,22,23)(H,24,25,26). The van der Waals surface area contributed by atoms with Crippen LogP contribution < -0.4 is 10.9 Å². The number of thioether (sulfide) groups is 1. The van der Waals surface area contributed by atoms with E-state index in [0.29, 0.717) is 11.4 Å². The highest BCUT2D eigenvalue weighted by molar-refractivity contribution is 7.98. The number of aromatic amines is 1. The van der Waals surface area contributed by atoms with E-state index in [2.05, 4.69) is 32.6 Å². The summed E-state index contributed by atoms with van der Waals surface area (Å²) in [5.74, 6) is 1.30. The van der Waals surface area contributed by atoms with Crippen LogP contribution in [0.1, 0.15) is 22.1 Å². The topological polar surface area (TPSA) is 70.7 Å². The molecule has 0 aliphatic heterocycles. The second-order valence-corrected chi connectivity index (χ2v) is 7.69. The van der Waals surface area contributed by atoms with Gasteiger partial charge in [-0.1, -0.05) is 23.7 Å². The first kappa shape index (κ1) is 19.5. The molecule has 2 heterocycles. The van der Waals surface area contributed by atoms with Crippen LogP contribution in [0.15, 0.2) is 47.4 Å². The first-order chi connectivity index (χ1) is 13.0. The molecule has 1 unspecified atom stereocenters. The van der Waals surface area contributed by atoms with E-state index in [1.165, 1.54) is 5.56 Å². The quantitative estimate of drug-likeness (QED) is 0.631. The molecule has 140 valence electrons. The van der Waals surface area contributed by atoms with Gasteiger partial charge in [0.15, 0.2) is 0 Å². The van der Waals surface area contributed by atoms with Crippen molar-refractivity contribution in [3.63, 3.8) is 0 Å². The minimum absolute atomic E-state index is 0.121. The monoisotopic (exact) mass is 400 g/mol. The molecule has 3 rings (SSSR count). The van der Waals surface area contributed by atoms with Gasteiger partial charge in [-0.2, -0.15) is 11.8 Å². The molecule has 1 atom stereocenters. The summed E-state index contributed by atoms with van der Waals surface area (Å²) >= 11 is 7.85. The molecule has 0 bridgehead atoms. The largest absolute Gasteiger partial charge is 0.369 e. The molecule has 27 heavy (non-hydrogen) atoms. The number of benzene rings is 1. The number of aromatic nitrogens is 3. The third-order valence-electron chi connectivity index (χ3n) is 4.41. The van der Waals surface area contributed by atoms with Gasteiger partial charge in [-0.15, -0.1) is 0 Å². The van der Waals surface area contributed by atoms with Gasteiger partial charge in [-0.25, -0.2) is 9.97 Å². The summed E-state index contributed by atoms with van der Waals surface area (Å²) in [4.78, 5) is 23.6. The normalized spacial score (nSPS) is 12.0. The number of nitrogens with zero attached hydrogens (tertiary/aromatic N) is 2. The lowest BCUT2D eigenvalue weighted by Gasteiger charge is -2.16. The number of halogens is 1. The predicted octanol–water partition coefficient (Wildman–Crippen LogP) is 4.62. The van der Waals surface area contributed by atoms with Gasteiger partial charge in [-0.3, -0.25) is 4.79 Å². The van der Waals surface area contributed by atoms with Crippen molar-refractivity contribution in [1.29, 1.82) is 0 Å². The first-order valence-corrected chi connectivity index (χ1v) is 10.2. The highest BCUT2D eigenvalue weighted by atomic mass is 35.5. The van der Waals surface area contributed by atoms with E-state index in [4.69, 9.17) is 11.6 Å². The van der Waals surface area contributed by atoms with Crippen molar-refractivity contribution in [2.24, 2.45) is 0 Å². The van der Waals surface area contributed by atoms with Gasteiger partial charge in [-0.05, 0) is 49.9 Å². The van der Waals surface area contributed by atoms with Crippen molar-refractivity contribution >= 4 is 29.2 Å². The molecular weight excluding hydrogens is 380 g/mol. The summed E-state index contributed by atoms with van der Waals surface area (Å²) in [5, 5.41) is 4.36. The second-order valence-electron chi connectivity index (χ2n) is 6.22. The van der Waals surface area contributed by atoms with E-state index < -0.39 is 0 Å². The number of rotatable bonds is 6. The third-order valence-corrected chi connectivity index (χ3v) is 5.65. The molecule has 0 radical (unpaired) electrons. The van der Waals surface area contributed by atoms with E-state index in [0.717, 1.165) is 28.6 Å². The van der Waals surface area contributed by atoms with Gasteiger partial charge in [0.2, 0.25) is 0 Å². The molecule has 0 saturated carbocycles. The van der Waals surface area contributed by atoms with Crippen LogP contribution in [-0.4, -0.2) is 27.8 Å². The molecule has 0 aliphatic rings. The Balaban J connectivity index is 1.71. The Hall–Kier alpha value is -2.31. The molecule has 0 aliphatic carbocycles. The van der Waals surface area contributed by atoms with Crippen molar-refractivity contribution in [2.45, 2.75) is 19.1 Å². The van der Waals surface area contributed by atoms with Gasteiger partial charge in [0.25, 0.3) is 5.56 Å². The van der Waals surface area contributed by atoms with Gasteiger partial charge >= 0.3 is 0 Å². The second kappa shape index (κ2) is 8.59. The van der Waals surface area contributed by atoms with E-state index >= 15 is 0 Å². The zero-order chi connectivity index (χ0) is 19.4. The minimum Gasteiger partial charge on any atom is -0.369 e. The summed E-state index contributed by atoms with van der Waals surface area (Å²) in [6, 6.07) is 11.7. The molecule has 2 aromatic heterocycles. The fourth-order valence-electron chi connectivity index (χ4n) is 2.66. The molecule has 0 fully saturated rings. The van der Waals surface area contributed by atoms with Crippen LogP contribution >= 0.6 is 23.4 Å². The van der Waals surface area contributed by atoms with Crippen LogP contribution in [0.3, 0.4) is 0 Å². The predicted molar refractivity (Wildman–Crippen MR) is 114 cm³/mol. The number of hydrogen-bond acceptors (Lipinski definition) is 5. The van der Waals surface area contributed by atoms with Crippen LogP contribution in [0.5, 0.6) is 0 Å². The lowest BCUT2D eigenvalue weighted by atomic mass is 10.1. The molecule has 0 saturated heterocycles. The molecule has 3 aromatic rings. The lowest BCUT2D eigenvalue weighted by molar-refractivity contribution is 0.980. The number of aryl methyl sites for hydroxylation is 1. The van der Waals surface area contributed by atoms with Crippen molar-refractivity contribution in [3.05, 3.63) is 74.8 Å². The maximum Gasteiger partial charge on any atom is 0.254 e. The van der Waals surface area contributed by atoms with Crippen molar-refractivity contribution in [2.75, 3.05) is 18.1 Å². The highest BCUT2D eigenvalue weighted by Crippen LogP contribution is 2.28. The number of nitrogens with one attached hydrogen (secondary N) is 2. The SMILES string of the molecule is CSC(CNc1ccc(-c2nc(C)c(C)c(=O)[nH]2)cn1)c1cccc(Cl)c1. The minimum atomic E-state index is -0.121. The van der Waals surface area contributed by atoms with Gasteiger partial charge in [0, 0.05) is 39.8 Å². The fourth-order valence-corrected chi connectivity index (χ4v) is 3.53. The third kappa shape index (κ3) is 4.70. The number of anilines is 1. The summed E-state index contributed by atoms with van der Waals surface area (Å²) in [6.45, 7) is 4.32. The summed E-state index contributed by atoms with van der Waals surface area (Å²) < 4.78 is 0. The Bertz CT molecular complexity index is 988. The first-order valence-electron chi connectivity index (χ1n) is 8.54. The summed E-state index contributed by atoms with van der Waals surface area (Å²) in [6.07, 6.45) is 3.79. The van der Waals surface area contributed by atoms with Crippen LogP contribution in [0.2, 0.25) is 5.02 Å². The zero-order valence-corrected chi connectivity index (χ0v) is 17.0. The average molecular weight is 401 g/mol. The van der Waals surface area contributed by atoms with Gasteiger partial charge in [0.1, 0.15) is 11.6 Å². The van der Waals surface area contributed by atoms with Crippen molar-refractivity contribution < 1.29 is 0 Å². The van der Waals surface area contributed by atoms with Gasteiger partial charge in [0.05, 0.1) is 0 Å². The van der Waals surface area contributed by atoms with E-state index in [-0.39, 0.29) is 10.8 Å². The molecule has 2 N–H and O–H groups in total. The van der Waals surface area contributed by atoms with E-state index in [1.54, 1.807) is 24.9 Å². The molecule has 7 heteroatoms. The Morgan fingerprint density at radius 2 is 2.07 bits per heavy atom. The van der Waals surface area contributed by atoms with E-state index in [1.807, 2.05) is 37.3 Å². The summed E-state index contributed by atoms with van der Waals surface area (Å²) in [7, 11) is 0. The van der Waals surface area contributed by atoms with Crippen LogP contribution in [0, 0.1) is 13.8 Å².